The first-order chi connectivity index (χ1) is 9.16. The minimum Gasteiger partial charge on any atom is -0.350 e. The van der Waals surface area contributed by atoms with Gasteiger partial charge in [-0.05, 0) is 18.9 Å². The molecule has 1 heterocycles. The summed E-state index contributed by atoms with van der Waals surface area (Å²) in [5, 5.41) is 0.994. The number of aromatic nitrogens is 1. The Labute approximate surface area is 112 Å². The normalized spacial score (nSPS) is 19.8. The van der Waals surface area contributed by atoms with Crippen LogP contribution in [-0.2, 0) is 11.8 Å². The third kappa shape index (κ3) is 2.09. The first-order valence-corrected chi connectivity index (χ1v) is 6.77. The molecular formula is C16H17NO2. The van der Waals surface area contributed by atoms with Gasteiger partial charge in [0.25, 0.3) is 0 Å². The fraction of sp³-hybridized carbons (Fsp3) is 0.375. The van der Waals surface area contributed by atoms with Crippen LogP contribution in [0.2, 0.25) is 0 Å². The van der Waals surface area contributed by atoms with E-state index < -0.39 is 0 Å². The molecule has 0 aliphatic heterocycles. The summed E-state index contributed by atoms with van der Waals surface area (Å²) in [7, 11) is 1.95. The van der Waals surface area contributed by atoms with Crippen LogP contribution in [0, 0.1) is 5.92 Å². The SMILES string of the molecule is Cn1cc(C(=O)C2CCCC(=O)C2)c2ccccc21. The first-order valence-electron chi connectivity index (χ1n) is 6.77. The lowest BCUT2D eigenvalue weighted by atomic mass is 9.83. The third-order valence-electron chi connectivity index (χ3n) is 4.02. The fourth-order valence-corrected chi connectivity index (χ4v) is 3.01. The molecule has 0 radical (unpaired) electrons. The first kappa shape index (κ1) is 12.2. The van der Waals surface area contributed by atoms with Gasteiger partial charge in [0, 0.05) is 48.5 Å². The molecule has 0 N–H and O–H groups in total. The van der Waals surface area contributed by atoms with Crippen molar-refractivity contribution in [2.24, 2.45) is 13.0 Å². The number of hydrogen-bond acceptors (Lipinski definition) is 2. The number of para-hydroxylation sites is 1. The van der Waals surface area contributed by atoms with Gasteiger partial charge < -0.3 is 4.57 Å². The lowest BCUT2D eigenvalue weighted by Crippen LogP contribution is -2.22. The number of rotatable bonds is 2. The lowest BCUT2D eigenvalue weighted by molar-refractivity contribution is -0.121. The predicted octanol–water partition coefficient (Wildman–Crippen LogP) is 3.12. The molecule has 1 unspecified atom stereocenters. The van der Waals surface area contributed by atoms with Gasteiger partial charge in [-0.1, -0.05) is 18.2 Å². The number of carbonyl (C=O) groups is 2. The van der Waals surface area contributed by atoms with E-state index >= 15 is 0 Å². The molecule has 2 aromatic rings. The molecule has 3 heteroatoms. The Bertz CT molecular complexity index is 654. The molecule has 0 bridgehead atoms. The molecule has 0 saturated heterocycles. The zero-order valence-electron chi connectivity index (χ0n) is 11.1. The van der Waals surface area contributed by atoms with Gasteiger partial charge in [0.15, 0.2) is 5.78 Å². The molecule has 0 amide bonds. The number of benzene rings is 1. The van der Waals surface area contributed by atoms with Crippen molar-refractivity contribution in [1.82, 2.24) is 4.57 Å². The van der Waals surface area contributed by atoms with Crippen LogP contribution < -0.4 is 0 Å². The van der Waals surface area contributed by atoms with E-state index in [-0.39, 0.29) is 17.5 Å². The van der Waals surface area contributed by atoms with Crippen molar-refractivity contribution in [3.63, 3.8) is 0 Å². The average molecular weight is 255 g/mol. The second kappa shape index (κ2) is 4.65. The summed E-state index contributed by atoms with van der Waals surface area (Å²) in [5.74, 6) is 0.238. The summed E-state index contributed by atoms with van der Waals surface area (Å²) in [6.45, 7) is 0. The number of hydrogen-bond donors (Lipinski definition) is 0. The molecule has 1 aliphatic rings. The molecule has 0 spiro atoms. The van der Waals surface area contributed by atoms with Gasteiger partial charge in [-0.25, -0.2) is 0 Å². The zero-order valence-corrected chi connectivity index (χ0v) is 11.1. The van der Waals surface area contributed by atoms with Gasteiger partial charge in [0.2, 0.25) is 0 Å². The number of aryl methyl sites for hydroxylation is 1. The molecule has 3 rings (SSSR count). The Hall–Kier alpha value is -1.90. The van der Waals surface area contributed by atoms with E-state index in [0.29, 0.717) is 12.8 Å². The number of fused-ring (bicyclic) bond motifs is 1. The van der Waals surface area contributed by atoms with Crippen LogP contribution in [0.15, 0.2) is 30.5 Å². The maximum Gasteiger partial charge on any atom is 0.168 e. The van der Waals surface area contributed by atoms with Crippen molar-refractivity contribution >= 4 is 22.5 Å². The fourth-order valence-electron chi connectivity index (χ4n) is 3.01. The molecule has 1 saturated carbocycles. The number of Topliss-reactive ketones (excluding diaryl/α,β-unsaturated/α-hetero) is 2. The van der Waals surface area contributed by atoms with Crippen molar-refractivity contribution < 1.29 is 9.59 Å². The van der Waals surface area contributed by atoms with Crippen LogP contribution >= 0.6 is 0 Å². The Morgan fingerprint density at radius 2 is 2.11 bits per heavy atom. The van der Waals surface area contributed by atoms with E-state index in [1.54, 1.807) is 0 Å². The zero-order chi connectivity index (χ0) is 13.4. The van der Waals surface area contributed by atoms with Crippen LogP contribution in [0.4, 0.5) is 0 Å². The van der Waals surface area contributed by atoms with E-state index in [1.807, 2.05) is 42.1 Å². The molecule has 98 valence electrons. The van der Waals surface area contributed by atoms with Gasteiger partial charge >= 0.3 is 0 Å². The van der Waals surface area contributed by atoms with Gasteiger partial charge in [0.05, 0.1) is 0 Å². The summed E-state index contributed by atoms with van der Waals surface area (Å²) in [6.07, 6.45) is 4.64. The van der Waals surface area contributed by atoms with E-state index in [4.69, 9.17) is 0 Å². The standard InChI is InChI=1S/C16H17NO2/c1-17-10-14(13-7-2-3-8-15(13)17)16(19)11-5-4-6-12(18)9-11/h2-3,7-8,10-11H,4-6,9H2,1H3. The highest BCUT2D eigenvalue weighted by Crippen LogP contribution is 2.29. The molecular weight excluding hydrogens is 238 g/mol. The Balaban J connectivity index is 2.00. The summed E-state index contributed by atoms with van der Waals surface area (Å²) in [5.41, 5.74) is 1.82. The van der Waals surface area contributed by atoms with Gasteiger partial charge in [-0.3, -0.25) is 9.59 Å². The second-order valence-electron chi connectivity index (χ2n) is 5.37. The van der Waals surface area contributed by atoms with Gasteiger partial charge in [-0.15, -0.1) is 0 Å². The molecule has 1 aromatic heterocycles. The summed E-state index contributed by atoms with van der Waals surface area (Å²) < 4.78 is 1.98. The van der Waals surface area contributed by atoms with Crippen LogP contribution in [0.1, 0.15) is 36.0 Å². The van der Waals surface area contributed by atoms with E-state index in [9.17, 15) is 9.59 Å². The second-order valence-corrected chi connectivity index (χ2v) is 5.37. The third-order valence-corrected chi connectivity index (χ3v) is 4.02. The minimum absolute atomic E-state index is 0.118. The molecule has 3 nitrogen and oxygen atoms in total. The molecule has 1 aliphatic carbocycles. The predicted molar refractivity (Wildman–Crippen MR) is 74.2 cm³/mol. The van der Waals surface area contributed by atoms with Crippen molar-refractivity contribution in [3.8, 4) is 0 Å². The number of nitrogens with zero attached hydrogens (tertiary/aromatic N) is 1. The van der Waals surface area contributed by atoms with Crippen molar-refractivity contribution in [2.45, 2.75) is 25.7 Å². The van der Waals surface area contributed by atoms with Gasteiger partial charge in [0.1, 0.15) is 5.78 Å². The number of carbonyl (C=O) groups excluding carboxylic acids is 2. The van der Waals surface area contributed by atoms with E-state index in [0.717, 1.165) is 29.3 Å². The van der Waals surface area contributed by atoms with Crippen LogP contribution in [-0.4, -0.2) is 16.1 Å². The Morgan fingerprint density at radius 1 is 1.32 bits per heavy atom. The minimum atomic E-state index is -0.118. The highest BCUT2D eigenvalue weighted by molar-refractivity contribution is 6.10. The van der Waals surface area contributed by atoms with Crippen molar-refractivity contribution in [2.75, 3.05) is 0 Å². The quantitative estimate of drug-likeness (QED) is 0.773. The Morgan fingerprint density at radius 3 is 2.89 bits per heavy atom. The maximum absolute atomic E-state index is 12.6. The molecule has 1 fully saturated rings. The van der Waals surface area contributed by atoms with E-state index in [1.165, 1.54) is 0 Å². The monoisotopic (exact) mass is 255 g/mol. The Kier molecular flexibility index (Phi) is 2.97. The van der Waals surface area contributed by atoms with Crippen molar-refractivity contribution in [3.05, 3.63) is 36.0 Å². The highest BCUT2D eigenvalue weighted by Gasteiger charge is 2.28. The van der Waals surface area contributed by atoms with E-state index in [2.05, 4.69) is 0 Å². The van der Waals surface area contributed by atoms with Crippen LogP contribution in [0.3, 0.4) is 0 Å². The lowest BCUT2D eigenvalue weighted by Gasteiger charge is -2.19. The molecule has 1 aromatic carbocycles. The van der Waals surface area contributed by atoms with Gasteiger partial charge in [-0.2, -0.15) is 0 Å². The maximum atomic E-state index is 12.6. The van der Waals surface area contributed by atoms with Crippen LogP contribution in [0.25, 0.3) is 10.9 Å². The largest absolute Gasteiger partial charge is 0.350 e. The summed E-state index contributed by atoms with van der Waals surface area (Å²) in [6, 6.07) is 7.91. The van der Waals surface area contributed by atoms with Crippen molar-refractivity contribution in [1.29, 1.82) is 0 Å². The number of ketones is 2. The highest BCUT2D eigenvalue weighted by atomic mass is 16.1. The summed E-state index contributed by atoms with van der Waals surface area (Å²) >= 11 is 0. The van der Waals surface area contributed by atoms with Crippen LogP contribution in [0.5, 0.6) is 0 Å². The molecule has 1 atom stereocenters. The summed E-state index contributed by atoms with van der Waals surface area (Å²) in [4.78, 5) is 24.1. The molecule has 19 heavy (non-hydrogen) atoms. The smallest absolute Gasteiger partial charge is 0.168 e. The average Bonchev–Trinajstić information content (AvgIpc) is 2.76. The topological polar surface area (TPSA) is 39.1 Å².